The second kappa shape index (κ2) is 4.34. The van der Waals surface area contributed by atoms with E-state index >= 15 is 0 Å². The molecule has 2 rings (SSSR count). The molecule has 1 saturated carbocycles. The van der Waals surface area contributed by atoms with Crippen molar-refractivity contribution in [3.05, 3.63) is 29.8 Å². The van der Waals surface area contributed by atoms with E-state index in [2.05, 4.69) is 0 Å². The third-order valence-electron chi connectivity index (χ3n) is 2.53. The molecule has 3 nitrogen and oxygen atoms in total. The van der Waals surface area contributed by atoms with Gasteiger partial charge in [-0.05, 0) is 30.5 Å². The molecular weight excluding hydrogens is 190 g/mol. The molecule has 80 valence electrons. The molecular formula is C12H15NO2. The van der Waals surface area contributed by atoms with Crippen LogP contribution in [0.25, 0.3) is 0 Å². The van der Waals surface area contributed by atoms with Crippen LogP contribution in [-0.2, 0) is 16.0 Å². The number of rotatable bonds is 4. The first-order chi connectivity index (χ1) is 7.25. The fraction of sp³-hybridized carbons (Fsp3) is 0.417. The highest BCUT2D eigenvalue weighted by Crippen LogP contribution is 2.30. The molecule has 2 N–H and O–H groups in total. The summed E-state index contributed by atoms with van der Waals surface area (Å²) >= 11 is 0. The summed E-state index contributed by atoms with van der Waals surface area (Å²) in [6.45, 7) is 0.471. The Kier molecular flexibility index (Phi) is 2.90. The van der Waals surface area contributed by atoms with Crippen molar-refractivity contribution in [1.29, 1.82) is 0 Å². The first kappa shape index (κ1) is 10.0. The van der Waals surface area contributed by atoms with Crippen molar-refractivity contribution in [2.45, 2.75) is 19.3 Å². The summed E-state index contributed by atoms with van der Waals surface area (Å²) in [5.41, 5.74) is 7.47. The number of ether oxygens (including phenoxy) is 1. The molecule has 15 heavy (non-hydrogen) atoms. The lowest BCUT2D eigenvalue weighted by Gasteiger charge is -2.04. The minimum atomic E-state index is -0.0366. The van der Waals surface area contributed by atoms with Crippen molar-refractivity contribution < 1.29 is 9.53 Å². The van der Waals surface area contributed by atoms with Crippen molar-refractivity contribution in [1.82, 2.24) is 0 Å². The summed E-state index contributed by atoms with van der Waals surface area (Å²) in [5, 5.41) is 0. The lowest BCUT2D eigenvalue weighted by atomic mass is 10.1. The molecule has 0 atom stereocenters. The van der Waals surface area contributed by atoms with Gasteiger partial charge in [0, 0.05) is 12.1 Å². The van der Waals surface area contributed by atoms with Gasteiger partial charge in [-0.3, -0.25) is 4.79 Å². The fourth-order valence-electron chi connectivity index (χ4n) is 1.39. The summed E-state index contributed by atoms with van der Waals surface area (Å²) in [6.07, 6.45) is 2.76. The maximum Gasteiger partial charge on any atom is 0.308 e. The van der Waals surface area contributed by atoms with Gasteiger partial charge in [0.15, 0.2) is 0 Å². The standard InChI is InChI=1S/C12H15NO2/c13-11-5-1-9(2-6-11)7-8-15-12(14)10-3-4-10/h1-2,5-6,10H,3-4,7-8,13H2. The minimum absolute atomic E-state index is 0.0366. The molecule has 0 heterocycles. The van der Waals surface area contributed by atoms with Gasteiger partial charge in [0.25, 0.3) is 0 Å². The molecule has 1 aliphatic carbocycles. The van der Waals surface area contributed by atoms with Gasteiger partial charge in [-0.25, -0.2) is 0 Å². The molecule has 0 bridgehead atoms. The van der Waals surface area contributed by atoms with E-state index in [0.717, 1.165) is 30.5 Å². The molecule has 0 aromatic heterocycles. The number of esters is 1. The van der Waals surface area contributed by atoms with Crippen LogP contribution in [0.1, 0.15) is 18.4 Å². The second-order valence-corrected chi connectivity index (χ2v) is 3.93. The van der Waals surface area contributed by atoms with Crippen molar-refractivity contribution in [3.8, 4) is 0 Å². The number of hydrogen-bond donors (Lipinski definition) is 1. The number of carbonyl (C=O) groups is 1. The second-order valence-electron chi connectivity index (χ2n) is 3.93. The third kappa shape index (κ3) is 2.98. The Labute approximate surface area is 89.2 Å². The monoisotopic (exact) mass is 205 g/mol. The summed E-state index contributed by atoms with van der Waals surface area (Å²) in [7, 11) is 0. The van der Waals surface area contributed by atoms with Gasteiger partial charge in [0.2, 0.25) is 0 Å². The van der Waals surface area contributed by atoms with E-state index in [4.69, 9.17) is 10.5 Å². The van der Waals surface area contributed by atoms with Crippen LogP contribution in [0.15, 0.2) is 24.3 Å². The van der Waals surface area contributed by atoms with E-state index in [-0.39, 0.29) is 11.9 Å². The highest BCUT2D eigenvalue weighted by Gasteiger charge is 2.30. The van der Waals surface area contributed by atoms with Crippen molar-refractivity contribution >= 4 is 11.7 Å². The largest absolute Gasteiger partial charge is 0.465 e. The highest BCUT2D eigenvalue weighted by atomic mass is 16.5. The fourth-order valence-corrected chi connectivity index (χ4v) is 1.39. The molecule has 1 aromatic rings. The summed E-state index contributed by atoms with van der Waals surface area (Å²) in [6, 6.07) is 7.64. The van der Waals surface area contributed by atoms with Gasteiger partial charge in [-0.2, -0.15) is 0 Å². The molecule has 1 fully saturated rings. The molecule has 0 spiro atoms. The minimum Gasteiger partial charge on any atom is -0.465 e. The molecule has 0 saturated heterocycles. The van der Waals surface area contributed by atoms with Gasteiger partial charge in [0.1, 0.15) is 0 Å². The Morgan fingerprint density at radius 3 is 2.60 bits per heavy atom. The van der Waals surface area contributed by atoms with E-state index in [1.54, 1.807) is 0 Å². The van der Waals surface area contributed by atoms with Crippen molar-refractivity contribution in [2.75, 3.05) is 12.3 Å². The van der Waals surface area contributed by atoms with Gasteiger partial charge >= 0.3 is 5.97 Å². The van der Waals surface area contributed by atoms with Gasteiger partial charge in [0.05, 0.1) is 12.5 Å². The van der Waals surface area contributed by atoms with Crippen LogP contribution in [-0.4, -0.2) is 12.6 Å². The SMILES string of the molecule is Nc1ccc(CCOC(=O)C2CC2)cc1. The average Bonchev–Trinajstić information content (AvgIpc) is 3.04. The average molecular weight is 205 g/mol. The van der Waals surface area contributed by atoms with Crippen LogP contribution < -0.4 is 5.73 Å². The smallest absolute Gasteiger partial charge is 0.308 e. The summed E-state index contributed by atoms with van der Waals surface area (Å²) in [5.74, 6) is 0.155. The van der Waals surface area contributed by atoms with Gasteiger partial charge < -0.3 is 10.5 Å². The molecule has 1 aromatic carbocycles. The molecule has 0 aliphatic heterocycles. The van der Waals surface area contributed by atoms with Crippen LogP contribution in [0.5, 0.6) is 0 Å². The third-order valence-corrected chi connectivity index (χ3v) is 2.53. The number of nitrogen functional groups attached to an aromatic ring is 1. The zero-order valence-electron chi connectivity index (χ0n) is 8.61. The van der Waals surface area contributed by atoms with Gasteiger partial charge in [-0.1, -0.05) is 12.1 Å². The maximum absolute atomic E-state index is 11.2. The number of hydrogen-bond acceptors (Lipinski definition) is 3. The number of benzene rings is 1. The number of anilines is 1. The van der Waals surface area contributed by atoms with Crippen LogP contribution in [0, 0.1) is 5.92 Å². The first-order valence-electron chi connectivity index (χ1n) is 5.27. The Bertz CT molecular complexity index is 341. The predicted octanol–water partition coefficient (Wildman–Crippen LogP) is 1.76. The normalized spacial score (nSPS) is 14.9. The lowest BCUT2D eigenvalue weighted by molar-refractivity contribution is -0.145. The van der Waals surface area contributed by atoms with Crippen LogP contribution in [0.3, 0.4) is 0 Å². The quantitative estimate of drug-likeness (QED) is 0.602. The molecule has 1 aliphatic rings. The molecule has 0 unspecified atom stereocenters. The van der Waals surface area contributed by atoms with Crippen LogP contribution in [0.4, 0.5) is 5.69 Å². The number of carbonyl (C=O) groups excluding carboxylic acids is 1. The van der Waals surface area contributed by atoms with Gasteiger partial charge in [-0.15, -0.1) is 0 Å². The Morgan fingerprint density at radius 2 is 2.00 bits per heavy atom. The van der Waals surface area contributed by atoms with E-state index in [9.17, 15) is 4.79 Å². The van der Waals surface area contributed by atoms with Crippen molar-refractivity contribution in [2.24, 2.45) is 5.92 Å². The lowest BCUT2D eigenvalue weighted by Crippen LogP contribution is -2.09. The Morgan fingerprint density at radius 1 is 1.33 bits per heavy atom. The topological polar surface area (TPSA) is 52.3 Å². The molecule has 0 amide bonds. The molecule has 3 heteroatoms. The number of nitrogens with two attached hydrogens (primary N) is 1. The van der Waals surface area contributed by atoms with E-state index in [1.165, 1.54) is 0 Å². The zero-order valence-corrected chi connectivity index (χ0v) is 8.61. The van der Waals surface area contributed by atoms with Crippen LogP contribution in [0.2, 0.25) is 0 Å². The first-order valence-corrected chi connectivity index (χ1v) is 5.27. The highest BCUT2D eigenvalue weighted by molar-refractivity contribution is 5.74. The Hall–Kier alpha value is -1.51. The molecule has 0 radical (unpaired) electrons. The maximum atomic E-state index is 11.2. The predicted molar refractivity (Wildman–Crippen MR) is 58.2 cm³/mol. The van der Waals surface area contributed by atoms with E-state index < -0.39 is 0 Å². The summed E-state index contributed by atoms with van der Waals surface area (Å²) < 4.78 is 5.13. The Balaban J connectivity index is 1.73. The van der Waals surface area contributed by atoms with Crippen molar-refractivity contribution in [3.63, 3.8) is 0 Å². The summed E-state index contributed by atoms with van der Waals surface area (Å²) in [4.78, 5) is 11.2. The van der Waals surface area contributed by atoms with E-state index in [0.29, 0.717) is 6.61 Å². The zero-order chi connectivity index (χ0) is 10.7. The van der Waals surface area contributed by atoms with E-state index in [1.807, 2.05) is 24.3 Å². The van der Waals surface area contributed by atoms with Crippen LogP contribution >= 0.6 is 0 Å².